The van der Waals surface area contributed by atoms with Gasteiger partial charge in [0.15, 0.2) is 6.29 Å². The van der Waals surface area contributed by atoms with Crippen LogP contribution in [0.4, 0.5) is 13.2 Å². The third kappa shape index (κ3) is 2.70. The zero-order valence-corrected chi connectivity index (χ0v) is 7.95. The first-order valence-corrected chi connectivity index (χ1v) is 4.21. The fraction of sp³-hybridized carbons (Fsp3) is 0.0909. The largest absolute Gasteiger partial charge is 0.417 e. The van der Waals surface area contributed by atoms with Crippen LogP contribution in [0.3, 0.4) is 0 Å². The summed E-state index contributed by atoms with van der Waals surface area (Å²) >= 11 is 0. The summed E-state index contributed by atoms with van der Waals surface area (Å²) in [5, 5.41) is 8.24. The number of nitrogens with zero attached hydrogens (tertiary/aromatic N) is 1. The van der Waals surface area contributed by atoms with Crippen molar-refractivity contribution < 1.29 is 18.0 Å². The number of hydrogen-bond acceptors (Lipinski definition) is 2. The van der Waals surface area contributed by atoms with Crippen LogP contribution in [0.25, 0.3) is 6.08 Å². The molecule has 0 aliphatic heterocycles. The van der Waals surface area contributed by atoms with Crippen molar-refractivity contribution in [2.45, 2.75) is 6.18 Å². The molecular weight excluding hydrogens is 219 g/mol. The Morgan fingerprint density at radius 2 is 2.00 bits per heavy atom. The van der Waals surface area contributed by atoms with Gasteiger partial charge in [0.25, 0.3) is 0 Å². The average Bonchev–Trinajstić information content (AvgIpc) is 2.24. The monoisotopic (exact) mass is 225 g/mol. The standard InChI is InChI=1S/C11H6F3NO/c12-11(13,14)10-6-8(2-1-5-15)3-4-9(10)7-16/h1-4,6-7H. The predicted octanol–water partition coefficient (Wildman–Crippen LogP) is 3.05. The van der Waals surface area contributed by atoms with E-state index in [4.69, 9.17) is 5.26 Å². The molecule has 0 heterocycles. The van der Waals surface area contributed by atoms with Crippen molar-refractivity contribution in [3.05, 3.63) is 41.0 Å². The van der Waals surface area contributed by atoms with Crippen molar-refractivity contribution in [1.29, 1.82) is 5.26 Å². The van der Waals surface area contributed by atoms with Crippen LogP contribution in [-0.4, -0.2) is 6.29 Å². The Morgan fingerprint density at radius 1 is 1.31 bits per heavy atom. The first kappa shape index (κ1) is 12.0. The van der Waals surface area contributed by atoms with Crippen molar-refractivity contribution in [1.82, 2.24) is 0 Å². The van der Waals surface area contributed by atoms with Gasteiger partial charge in [-0.1, -0.05) is 12.1 Å². The molecule has 0 aliphatic carbocycles. The number of halogens is 3. The Morgan fingerprint density at radius 3 is 2.50 bits per heavy atom. The number of allylic oxidation sites excluding steroid dienone is 1. The van der Waals surface area contributed by atoms with E-state index in [1.54, 1.807) is 6.07 Å². The van der Waals surface area contributed by atoms with Crippen LogP contribution < -0.4 is 0 Å². The topological polar surface area (TPSA) is 40.9 Å². The van der Waals surface area contributed by atoms with Crippen molar-refractivity contribution in [3.63, 3.8) is 0 Å². The minimum atomic E-state index is -4.58. The zero-order valence-electron chi connectivity index (χ0n) is 7.95. The van der Waals surface area contributed by atoms with Crippen molar-refractivity contribution in [3.8, 4) is 6.07 Å². The van der Waals surface area contributed by atoms with Crippen molar-refractivity contribution >= 4 is 12.4 Å². The van der Waals surface area contributed by atoms with Gasteiger partial charge in [0.05, 0.1) is 11.6 Å². The fourth-order valence-electron chi connectivity index (χ4n) is 1.16. The molecule has 0 N–H and O–H groups in total. The second kappa shape index (κ2) is 4.62. The predicted molar refractivity (Wildman–Crippen MR) is 51.5 cm³/mol. The van der Waals surface area contributed by atoms with Gasteiger partial charge in [0, 0.05) is 11.6 Å². The smallest absolute Gasteiger partial charge is 0.298 e. The lowest BCUT2D eigenvalue weighted by Crippen LogP contribution is -2.09. The van der Waals surface area contributed by atoms with Crippen LogP contribution in [0.5, 0.6) is 0 Å². The lowest BCUT2D eigenvalue weighted by atomic mass is 10.0. The number of benzene rings is 1. The Hall–Kier alpha value is -2.09. The van der Waals surface area contributed by atoms with E-state index in [9.17, 15) is 18.0 Å². The fourth-order valence-corrected chi connectivity index (χ4v) is 1.16. The lowest BCUT2D eigenvalue weighted by molar-refractivity contribution is -0.137. The Kier molecular flexibility index (Phi) is 3.46. The van der Waals surface area contributed by atoms with Crippen LogP contribution in [-0.2, 0) is 6.18 Å². The average molecular weight is 225 g/mol. The molecule has 0 amide bonds. The van der Waals surface area contributed by atoms with E-state index < -0.39 is 17.3 Å². The number of carbonyl (C=O) groups excluding carboxylic acids is 1. The van der Waals surface area contributed by atoms with Crippen molar-refractivity contribution in [2.75, 3.05) is 0 Å². The summed E-state index contributed by atoms with van der Waals surface area (Å²) in [6.45, 7) is 0. The number of carbonyl (C=O) groups is 1. The highest BCUT2D eigenvalue weighted by Crippen LogP contribution is 2.32. The van der Waals surface area contributed by atoms with Gasteiger partial charge in [-0.3, -0.25) is 4.79 Å². The highest BCUT2D eigenvalue weighted by Gasteiger charge is 2.33. The zero-order chi connectivity index (χ0) is 12.2. The quantitative estimate of drug-likeness (QED) is 0.573. The van der Waals surface area contributed by atoms with Gasteiger partial charge in [-0.05, 0) is 17.7 Å². The van der Waals surface area contributed by atoms with E-state index >= 15 is 0 Å². The third-order valence-electron chi connectivity index (χ3n) is 1.86. The van der Waals surface area contributed by atoms with Gasteiger partial charge in [0.1, 0.15) is 0 Å². The van der Waals surface area contributed by atoms with E-state index in [1.165, 1.54) is 12.1 Å². The summed E-state index contributed by atoms with van der Waals surface area (Å²) < 4.78 is 37.5. The molecule has 1 aromatic carbocycles. The Bertz CT molecular complexity index is 469. The molecule has 82 valence electrons. The number of hydrogen-bond donors (Lipinski definition) is 0. The van der Waals surface area contributed by atoms with Gasteiger partial charge in [-0.25, -0.2) is 0 Å². The second-order valence-corrected chi connectivity index (χ2v) is 2.92. The summed E-state index contributed by atoms with van der Waals surface area (Å²) in [5.74, 6) is 0. The number of alkyl halides is 3. The van der Waals surface area contributed by atoms with Crippen LogP contribution in [0.2, 0.25) is 0 Å². The molecule has 0 aliphatic rings. The van der Waals surface area contributed by atoms with Gasteiger partial charge in [-0.15, -0.1) is 0 Å². The highest BCUT2D eigenvalue weighted by atomic mass is 19.4. The summed E-state index contributed by atoms with van der Waals surface area (Å²) in [6.07, 6.45) is -2.12. The van der Waals surface area contributed by atoms with E-state index in [1.807, 2.05) is 0 Å². The molecule has 0 fully saturated rings. The molecule has 0 aromatic heterocycles. The normalized spacial score (nSPS) is 11.4. The van der Waals surface area contributed by atoms with Gasteiger partial charge < -0.3 is 0 Å². The van der Waals surface area contributed by atoms with Crippen LogP contribution in [0, 0.1) is 11.3 Å². The molecule has 1 rings (SSSR count). The molecule has 0 bridgehead atoms. The maximum Gasteiger partial charge on any atom is 0.417 e. The Balaban J connectivity index is 3.28. The summed E-state index contributed by atoms with van der Waals surface area (Å²) in [4.78, 5) is 10.4. The SMILES string of the molecule is N#CC=Cc1ccc(C=O)c(C(F)(F)F)c1. The van der Waals surface area contributed by atoms with Gasteiger partial charge in [0.2, 0.25) is 0 Å². The van der Waals surface area contributed by atoms with Crippen molar-refractivity contribution in [2.24, 2.45) is 0 Å². The first-order valence-electron chi connectivity index (χ1n) is 4.21. The van der Waals surface area contributed by atoms with Gasteiger partial charge in [-0.2, -0.15) is 18.4 Å². The summed E-state index contributed by atoms with van der Waals surface area (Å²) in [6, 6.07) is 4.92. The molecule has 0 unspecified atom stereocenters. The molecule has 5 heteroatoms. The molecule has 0 saturated heterocycles. The molecule has 16 heavy (non-hydrogen) atoms. The second-order valence-electron chi connectivity index (χ2n) is 2.92. The van der Waals surface area contributed by atoms with E-state index in [0.717, 1.165) is 18.2 Å². The molecule has 0 spiro atoms. The number of aldehydes is 1. The maximum absolute atomic E-state index is 12.5. The van der Waals surface area contributed by atoms with Crippen LogP contribution in [0.1, 0.15) is 21.5 Å². The van der Waals surface area contributed by atoms with E-state index in [-0.39, 0.29) is 11.8 Å². The maximum atomic E-state index is 12.5. The number of nitriles is 1. The molecule has 0 radical (unpaired) electrons. The minimum Gasteiger partial charge on any atom is -0.298 e. The number of rotatable bonds is 2. The van der Waals surface area contributed by atoms with E-state index in [2.05, 4.69) is 0 Å². The lowest BCUT2D eigenvalue weighted by Gasteiger charge is -2.09. The highest BCUT2D eigenvalue weighted by molar-refractivity contribution is 5.78. The summed E-state index contributed by atoms with van der Waals surface area (Å²) in [5.41, 5.74) is -1.19. The van der Waals surface area contributed by atoms with E-state index in [0.29, 0.717) is 0 Å². The first-order chi connectivity index (χ1) is 7.49. The van der Waals surface area contributed by atoms with Gasteiger partial charge >= 0.3 is 6.18 Å². The molecular formula is C11H6F3NO. The molecule has 0 saturated carbocycles. The minimum absolute atomic E-state index is 0.153. The summed E-state index contributed by atoms with van der Waals surface area (Å²) in [7, 11) is 0. The molecule has 0 atom stereocenters. The third-order valence-corrected chi connectivity index (χ3v) is 1.86. The molecule has 2 nitrogen and oxygen atoms in total. The Labute approximate surface area is 89.6 Å². The molecule has 1 aromatic rings. The van der Waals surface area contributed by atoms with Crippen LogP contribution >= 0.6 is 0 Å². The van der Waals surface area contributed by atoms with Crippen LogP contribution in [0.15, 0.2) is 24.3 Å².